The summed E-state index contributed by atoms with van der Waals surface area (Å²) in [5.41, 5.74) is -2.34. The normalized spacial score (nSPS) is 21.0. The molecule has 1 rings (SSSR count). The van der Waals surface area contributed by atoms with Crippen LogP contribution in [0.2, 0.25) is 0 Å². The molecule has 5 heteroatoms. The largest absolute Gasteiger partial charge is 0.459 e. The predicted molar refractivity (Wildman–Crippen MR) is 89.9 cm³/mol. The lowest BCUT2D eigenvalue weighted by atomic mass is 9.58. The van der Waals surface area contributed by atoms with E-state index >= 15 is 0 Å². The zero-order chi connectivity index (χ0) is 17.2. The first-order valence-corrected chi connectivity index (χ1v) is 9.07. The molecule has 0 heterocycles. The number of hydrogen-bond donors (Lipinski definition) is 0. The molecule has 0 aromatic heterocycles. The van der Waals surface area contributed by atoms with E-state index in [4.69, 9.17) is 9.47 Å². The van der Waals surface area contributed by atoms with Gasteiger partial charge in [0, 0.05) is 5.33 Å². The van der Waals surface area contributed by atoms with E-state index in [9.17, 15) is 9.59 Å². The van der Waals surface area contributed by atoms with E-state index in [1.54, 1.807) is 0 Å². The summed E-state index contributed by atoms with van der Waals surface area (Å²) >= 11 is 3.41. The second-order valence-corrected chi connectivity index (χ2v) is 8.83. The molecule has 1 atom stereocenters. The first-order chi connectivity index (χ1) is 9.92. The molecule has 0 saturated heterocycles. The molecule has 22 heavy (non-hydrogen) atoms. The minimum absolute atomic E-state index is 0.00903. The quantitative estimate of drug-likeness (QED) is 0.409. The molecule has 1 saturated carbocycles. The van der Waals surface area contributed by atoms with Crippen molar-refractivity contribution in [3.05, 3.63) is 0 Å². The van der Waals surface area contributed by atoms with Gasteiger partial charge in [-0.3, -0.25) is 9.59 Å². The Morgan fingerprint density at radius 2 is 1.50 bits per heavy atom. The SMILES string of the molecule is CC(C)(C)OC(=O)C1(C(=O)OC(C)(C)C)CCC1CCCBr. The lowest BCUT2D eigenvalue weighted by Gasteiger charge is -2.47. The standard InChI is InChI=1S/C17H29BrO4/c1-15(2,3)21-13(19)17(14(20)22-16(4,5)6)10-9-12(17)8-7-11-18/h12H,7-11H2,1-6H3. The summed E-state index contributed by atoms with van der Waals surface area (Å²) in [6.07, 6.45) is 3.14. The maximum absolute atomic E-state index is 12.7. The third kappa shape index (κ3) is 4.71. The van der Waals surface area contributed by atoms with Crippen LogP contribution in [0.5, 0.6) is 0 Å². The van der Waals surface area contributed by atoms with Crippen molar-refractivity contribution in [2.24, 2.45) is 11.3 Å². The number of rotatable bonds is 5. The highest BCUT2D eigenvalue weighted by Gasteiger charge is 2.61. The highest BCUT2D eigenvalue weighted by atomic mass is 79.9. The zero-order valence-electron chi connectivity index (χ0n) is 14.6. The van der Waals surface area contributed by atoms with Gasteiger partial charge in [0.1, 0.15) is 11.2 Å². The van der Waals surface area contributed by atoms with Crippen molar-refractivity contribution in [1.29, 1.82) is 0 Å². The first kappa shape index (κ1) is 19.5. The maximum Gasteiger partial charge on any atom is 0.324 e. The van der Waals surface area contributed by atoms with Crippen LogP contribution in [-0.4, -0.2) is 28.5 Å². The van der Waals surface area contributed by atoms with E-state index < -0.39 is 28.6 Å². The van der Waals surface area contributed by atoms with E-state index in [1.165, 1.54) is 0 Å². The molecular weight excluding hydrogens is 348 g/mol. The number of carbonyl (C=O) groups is 2. The summed E-state index contributed by atoms with van der Waals surface area (Å²) in [7, 11) is 0. The molecule has 128 valence electrons. The van der Waals surface area contributed by atoms with Crippen LogP contribution in [-0.2, 0) is 19.1 Å². The van der Waals surface area contributed by atoms with Crippen molar-refractivity contribution >= 4 is 27.9 Å². The fraction of sp³-hybridized carbons (Fsp3) is 0.882. The van der Waals surface area contributed by atoms with Crippen molar-refractivity contribution in [2.45, 2.75) is 78.4 Å². The van der Waals surface area contributed by atoms with Gasteiger partial charge in [-0.05, 0) is 73.1 Å². The molecule has 1 unspecified atom stereocenters. The zero-order valence-corrected chi connectivity index (χ0v) is 16.2. The lowest BCUT2D eigenvalue weighted by molar-refractivity contribution is -0.200. The first-order valence-electron chi connectivity index (χ1n) is 7.95. The highest BCUT2D eigenvalue weighted by molar-refractivity contribution is 9.09. The van der Waals surface area contributed by atoms with E-state index in [-0.39, 0.29) is 5.92 Å². The Morgan fingerprint density at radius 1 is 1.05 bits per heavy atom. The third-order valence-electron chi connectivity index (χ3n) is 3.80. The van der Waals surface area contributed by atoms with Crippen molar-refractivity contribution < 1.29 is 19.1 Å². The number of halogens is 1. The molecule has 4 nitrogen and oxygen atoms in total. The lowest BCUT2D eigenvalue weighted by Crippen LogP contribution is -2.56. The Hall–Kier alpha value is -0.580. The molecule has 0 bridgehead atoms. The van der Waals surface area contributed by atoms with Crippen LogP contribution in [0.3, 0.4) is 0 Å². The number of esters is 2. The number of ether oxygens (including phenoxy) is 2. The Bertz CT molecular complexity index is 389. The summed E-state index contributed by atoms with van der Waals surface area (Å²) in [5.74, 6) is -0.852. The molecular formula is C17H29BrO4. The number of alkyl halides is 1. The van der Waals surface area contributed by atoms with Gasteiger partial charge in [0.05, 0.1) is 0 Å². The van der Waals surface area contributed by atoms with Crippen LogP contribution >= 0.6 is 15.9 Å². The summed E-state index contributed by atoms with van der Waals surface area (Å²) in [6.45, 7) is 10.9. The van der Waals surface area contributed by atoms with Gasteiger partial charge in [0.25, 0.3) is 0 Å². The fourth-order valence-corrected chi connectivity index (χ4v) is 3.03. The van der Waals surface area contributed by atoms with Gasteiger partial charge >= 0.3 is 11.9 Å². The summed E-state index contributed by atoms with van der Waals surface area (Å²) < 4.78 is 11.1. The molecule has 1 fully saturated rings. The van der Waals surface area contributed by atoms with E-state index in [1.807, 2.05) is 41.5 Å². The van der Waals surface area contributed by atoms with Gasteiger partial charge in [-0.15, -0.1) is 0 Å². The number of carbonyl (C=O) groups excluding carboxylic acids is 2. The Balaban J connectivity index is 3.00. The van der Waals surface area contributed by atoms with Gasteiger partial charge in [0.2, 0.25) is 0 Å². The average molecular weight is 377 g/mol. The fourth-order valence-electron chi connectivity index (χ4n) is 2.71. The van der Waals surface area contributed by atoms with Gasteiger partial charge in [-0.1, -0.05) is 15.9 Å². The number of hydrogen-bond acceptors (Lipinski definition) is 4. The Kier molecular flexibility index (Phi) is 6.10. The van der Waals surface area contributed by atoms with Gasteiger partial charge in [0.15, 0.2) is 5.41 Å². The van der Waals surface area contributed by atoms with Crippen molar-refractivity contribution in [1.82, 2.24) is 0 Å². The predicted octanol–water partition coefficient (Wildman–Crippen LogP) is 4.24. The average Bonchev–Trinajstić information content (AvgIpc) is 2.23. The molecule has 0 aromatic carbocycles. The minimum atomic E-state index is -1.12. The van der Waals surface area contributed by atoms with Crippen LogP contribution < -0.4 is 0 Å². The van der Waals surface area contributed by atoms with E-state index in [2.05, 4.69) is 15.9 Å². The molecule has 0 N–H and O–H groups in total. The molecule has 0 radical (unpaired) electrons. The second kappa shape index (κ2) is 6.90. The summed E-state index contributed by atoms with van der Waals surface area (Å²) in [4.78, 5) is 25.5. The van der Waals surface area contributed by atoms with E-state index in [0.717, 1.165) is 24.6 Å². The van der Waals surface area contributed by atoms with Gasteiger partial charge in [-0.2, -0.15) is 0 Å². The van der Waals surface area contributed by atoms with Crippen molar-refractivity contribution in [3.63, 3.8) is 0 Å². The van der Waals surface area contributed by atoms with Crippen LogP contribution in [0.1, 0.15) is 67.2 Å². The van der Waals surface area contributed by atoms with E-state index in [0.29, 0.717) is 6.42 Å². The summed E-state index contributed by atoms with van der Waals surface area (Å²) in [5, 5.41) is 0.863. The third-order valence-corrected chi connectivity index (χ3v) is 4.36. The molecule has 1 aliphatic rings. The minimum Gasteiger partial charge on any atom is -0.459 e. The van der Waals surface area contributed by atoms with Gasteiger partial charge in [-0.25, -0.2) is 0 Å². The highest BCUT2D eigenvalue weighted by Crippen LogP contribution is 2.52. The molecule has 0 aromatic rings. The maximum atomic E-state index is 12.7. The molecule has 1 aliphatic carbocycles. The Morgan fingerprint density at radius 3 is 1.77 bits per heavy atom. The van der Waals surface area contributed by atoms with Crippen LogP contribution in [0, 0.1) is 11.3 Å². The Labute approximate surface area is 142 Å². The van der Waals surface area contributed by atoms with Crippen LogP contribution in [0.15, 0.2) is 0 Å². The smallest absolute Gasteiger partial charge is 0.324 e. The topological polar surface area (TPSA) is 52.6 Å². The van der Waals surface area contributed by atoms with Crippen molar-refractivity contribution in [3.8, 4) is 0 Å². The monoisotopic (exact) mass is 376 g/mol. The van der Waals surface area contributed by atoms with Gasteiger partial charge < -0.3 is 9.47 Å². The molecule has 0 aliphatic heterocycles. The second-order valence-electron chi connectivity index (χ2n) is 8.04. The molecule has 0 amide bonds. The van der Waals surface area contributed by atoms with Crippen LogP contribution in [0.25, 0.3) is 0 Å². The van der Waals surface area contributed by atoms with Crippen molar-refractivity contribution in [2.75, 3.05) is 5.33 Å². The summed E-state index contributed by atoms with van der Waals surface area (Å²) in [6, 6.07) is 0. The van der Waals surface area contributed by atoms with Crippen LogP contribution in [0.4, 0.5) is 0 Å². The molecule has 0 spiro atoms.